The summed E-state index contributed by atoms with van der Waals surface area (Å²) in [6, 6.07) is 6.55. The highest BCUT2D eigenvalue weighted by Crippen LogP contribution is 2.06. The number of nitrogens with zero attached hydrogens (tertiary/aromatic N) is 1. The fraction of sp³-hybridized carbons (Fsp3) is 0.385. The van der Waals surface area contributed by atoms with Gasteiger partial charge in [-0.2, -0.15) is 0 Å². The lowest BCUT2D eigenvalue weighted by Gasteiger charge is -2.16. The van der Waals surface area contributed by atoms with Gasteiger partial charge in [-0.1, -0.05) is 24.2 Å². The molecule has 4 N–H and O–H groups in total. The predicted molar refractivity (Wildman–Crippen MR) is 72.4 cm³/mol. The maximum atomic E-state index is 12.0. The molecule has 1 atom stereocenters. The second-order valence-electron chi connectivity index (χ2n) is 4.10. The quantitative estimate of drug-likeness (QED) is 0.308. The predicted octanol–water partition coefficient (Wildman–Crippen LogP) is 0.936. The van der Waals surface area contributed by atoms with Crippen LogP contribution in [0.5, 0.6) is 0 Å². The van der Waals surface area contributed by atoms with E-state index in [1.165, 1.54) is 0 Å². The van der Waals surface area contributed by atoms with Crippen LogP contribution >= 0.6 is 0 Å². The number of amides is 1. The number of nitrogens with two attached hydrogens (primary N) is 1. The third-order valence-electron chi connectivity index (χ3n) is 2.72. The van der Waals surface area contributed by atoms with E-state index in [0.29, 0.717) is 17.7 Å². The van der Waals surface area contributed by atoms with Crippen LogP contribution < -0.4 is 11.1 Å². The first-order valence-corrected chi connectivity index (χ1v) is 6.00. The molecule has 0 saturated heterocycles. The number of hydrogen-bond acceptors (Lipinski definition) is 4. The smallest absolute Gasteiger partial charge is 0.251 e. The Morgan fingerprint density at radius 1 is 1.53 bits per heavy atom. The van der Waals surface area contributed by atoms with Crippen LogP contribution in [0, 0.1) is 0 Å². The molecule has 0 aliphatic carbocycles. The Morgan fingerprint density at radius 2 is 2.21 bits per heavy atom. The lowest BCUT2D eigenvalue weighted by molar-refractivity contribution is 0.0894. The molecule has 0 spiro atoms. The van der Waals surface area contributed by atoms with E-state index in [9.17, 15) is 4.79 Å². The molecule has 0 fully saturated rings. The van der Waals surface area contributed by atoms with E-state index in [-0.39, 0.29) is 17.8 Å². The molecular formula is C13H19N3O3. The highest BCUT2D eigenvalue weighted by atomic mass is 16.5. The Balaban J connectivity index is 2.82. The topological polar surface area (TPSA) is 96.9 Å². The third-order valence-corrected chi connectivity index (χ3v) is 2.72. The molecule has 0 aliphatic rings. The minimum atomic E-state index is -0.212. The molecule has 6 heteroatoms. The average molecular weight is 265 g/mol. The first kappa shape index (κ1) is 15.0. The average Bonchev–Trinajstić information content (AvgIpc) is 2.45. The summed E-state index contributed by atoms with van der Waals surface area (Å²) in [7, 11) is 1.59. The molecule has 1 unspecified atom stereocenters. The van der Waals surface area contributed by atoms with Crippen molar-refractivity contribution < 1.29 is 14.7 Å². The van der Waals surface area contributed by atoms with Gasteiger partial charge in [0.25, 0.3) is 5.91 Å². The number of methoxy groups -OCH3 is 1. The Morgan fingerprint density at radius 3 is 2.79 bits per heavy atom. The minimum absolute atomic E-state index is 0.0291. The SMILES string of the molecule is CCC(COC)NC(=O)c1cccc(C(N)=NO)c1. The first-order chi connectivity index (χ1) is 9.12. The fourth-order valence-electron chi connectivity index (χ4n) is 1.61. The normalized spacial score (nSPS) is 13.1. The number of nitrogens with one attached hydrogen (secondary N) is 1. The van der Waals surface area contributed by atoms with Gasteiger partial charge in [0.2, 0.25) is 0 Å². The standard InChI is InChI=1S/C13H19N3O3/c1-3-11(8-19-2)15-13(17)10-6-4-5-9(7-10)12(14)16-18/h4-7,11,18H,3,8H2,1-2H3,(H2,14,16)(H,15,17). The van der Waals surface area contributed by atoms with Crippen molar-refractivity contribution in [3.05, 3.63) is 35.4 Å². The zero-order chi connectivity index (χ0) is 14.3. The second kappa shape index (κ2) is 7.38. The number of hydrogen-bond donors (Lipinski definition) is 3. The number of oxime groups is 1. The van der Waals surface area contributed by atoms with Gasteiger partial charge in [-0.15, -0.1) is 0 Å². The molecule has 104 valence electrons. The van der Waals surface area contributed by atoms with Crippen molar-refractivity contribution in [2.75, 3.05) is 13.7 Å². The molecule has 6 nitrogen and oxygen atoms in total. The largest absolute Gasteiger partial charge is 0.409 e. The highest BCUT2D eigenvalue weighted by Gasteiger charge is 2.12. The molecule has 0 bridgehead atoms. The van der Waals surface area contributed by atoms with E-state index in [0.717, 1.165) is 6.42 Å². The highest BCUT2D eigenvalue weighted by molar-refractivity contribution is 6.01. The molecule has 0 aromatic heterocycles. The van der Waals surface area contributed by atoms with Crippen molar-refractivity contribution in [1.82, 2.24) is 5.32 Å². The van der Waals surface area contributed by atoms with E-state index in [2.05, 4.69) is 10.5 Å². The molecule has 1 amide bonds. The summed E-state index contributed by atoms with van der Waals surface area (Å²) in [5.41, 5.74) is 6.44. The maximum Gasteiger partial charge on any atom is 0.251 e. The summed E-state index contributed by atoms with van der Waals surface area (Å²) in [4.78, 5) is 12.0. The van der Waals surface area contributed by atoms with Gasteiger partial charge in [-0.25, -0.2) is 0 Å². The summed E-state index contributed by atoms with van der Waals surface area (Å²) in [6.45, 7) is 2.43. The monoisotopic (exact) mass is 265 g/mol. The molecule has 0 radical (unpaired) electrons. The van der Waals surface area contributed by atoms with Crippen molar-refractivity contribution in [2.24, 2.45) is 10.9 Å². The van der Waals surface area contributed by atoms with E-state index < -0.39 is 0 Å². The van der Waals surface area contributed by atoms with Crippen LogP contribution in [0.1, 0.15) is 29.3 Å². The van der Waals surface area contributed by atoms with Gasteiger partial charge >= 0.3 is 0 Å². The summed E-state index contributed by atoms with van der Waals surface area (Å²) in [5, 5.41) is 14.4. The van der Waals surface area contributed by atoms with Gasteiger partial charge < -0.3 is 21.0 Å². The zero-order valence-corrected chi connectivity index (χ0v) is 11.1. The Kier molecular flexibility index (Phi) is 5.81. The fourth-order valence-corrected chi connectivity index (χ4v) is 1.61. The number of rotatable bonds is 6. The van der Waals surface area contributed by atoms with E-state index in [1.54, 1.807) is 31.4 Å². The molecular weight excluding hydrogens is 246 g/mol. The summed E-state index contributed by atoms with van der Waals surface area (Å²) in [6.07, 6.45) is 0.777. The van der Waals surface area contributed by atoms with Gasteiger partial charge in [0.1, 0.15) is 0 Å². The van der Waals surface area contributed by atoms with Gasteiger partial charge in [-0.3, -0.25) is 4.79 Å². The second-order valence-corrected chi connectivity index (χ2v) is 4.10. The number of ether oxygens (including phenoxy) is 1. The van der Waals surface area contributed by atoms with Crippen molar-refractivity contribution in [2.45, 2.75) is 19.4 Å². The van der Waals surface area contributed by atoms with Crippen LogP contribution in [0.25, 0.3) is 0 Å². The number of benzene rings is 1. The third kappa shape index (κ3) is 4.26. The lowest BCUT2D eigenvalue weighted by atomic mass is 10.1. The molecule has 0 heterocycles. The molecule has 1 aromatic rings. The molecule has 1 rings (SSSR count). The van der Waals surface area contributed by atoms with Crippen LogP contribution in [-0.2, 0) is 4.74 Å². The van der Waals surface area contributed by atoms with Gasteiger partial charge in [0, 0.05) is 18.2 Å². The maximum absolute atomic E-state index is 12.0. The molecule has 1 aromatic carbocycles. The van der Waals surface area contributed by atoms with Crippen molar-refractivity contribution >= 4 is 11.7 Å². The van der Waals surface area contributed by atoms with Gasteiger partial charge in [0.15, 0.2) is 5.84 Å². The van der Waals surface area contributed by atoms with Crippen LogP contribution in [0.3, 0.4) is 0 Å². The van der Waals surface area contributed by atoms with E-state index >= 15 is 0 Å². The van der Waals surface area contributed by atoms with E-state index in [1.807, 2.05) is 6.92 Å². The molecule has 0 saturated carbocycles. The van der Waals surface area contributed by atoms with Crippen LogP contribution in [0.15, 0.2) is 29.4 Å². The van der Waals surface area contributed by atoms with Crippen LogP contribution in [0.2, 0.25) is 0 Å². The van der Waals surface area contributed by atoms with Gasteiger partial charge in [-0.05, 0) is 18.6 Å². The summed E-state index contributed by atoms with van der Waals surface area (Å²) >= 11 is 0. The van der Waals surface area contributed by atoms with Crippen LogP contribution in [-0.4, -0.2) is 36.7 Å². The van der Waals surface area contributed by atoms with E-state index in [4.69, 9.17) is 15.7 Å². The Hall–Kier alpha value is -2.08. The molecule has 19 heavy (non-hydrogen) atoms. The lowest BCUT2D eigenvalue weighted by Crippen LogP contribution is -2.37. The van der Waals surface area contributed by atoms with Crippen LogP contribution in [0.4, 0.5) is 0 Å². The minimum Gasteiger partial charge on any atom is -0.409 e. The Bertz CT molecular complexity index is 460. The van der Waals surface area contributed by atoms with Crippen molar-refractivity contribution in [3.63, 3.8) is 0 Å². The molecule has 0 aliphatic heterocycles. The first-order valence-electron chi connectivity index (χ1n) is 6.00. The number of carbonyl (C=O) groups is 1. The summed E-state index contributed by atoms with van der Waals surface area (Å²) in [5.74, 6) is -0.241. The number of carbonyl (C=O) groups excluding carboxylic acids is 1. The van der Waals surface area contributed by atoms with Gasteiger partial charge in [0.05, 0.1) is 12.6 Å². The number of amidine groups is 1. The van der Waals surface area contributed by atoms with Crippen molar-refractivity contribution in [3.8, 4) is 0 Å². The zero-order valence-electron chi connectivity index (χ0n) is 11.1. The summed E-state index contributed by atoms with van der Waals surface area (Å²) < 4.78 is 5.02. The van der Waals surface area contributed by atoms with Crippen molar-refractivity contribution in [1.29, 1.82) is 0 Å². The Labute approximate surface area is 112 Å².